The first-order valence-electron chi connectivity index (χ1n) is 5.78. The highest BCUT2D eigenvalue weighted by Crippen LogP contribution is 2.22. The van der Waals surface area contributed by atoms with Gasteiger partial charge in [-0.15, -0.1) is 0 Å². The van der Waals surface area contributed by atoms with Crippen molar-refractivity contribution in [3.63, 3.8) is 0 Å². The van der Waals surface area contributed by atoms with Crippen molar-refractivity contribution in [1.82, 2.24) is 0 Å². The predicted octanol–water partition coefficient (Wildman–Crippen LogP) is 4.24. The number of hydrogen-bond acceptors (Lipinski definition) is 2. The molecule has 1 unspecified atom stereocenters. The third-order valence-corrected chi connectivity index (χ3v) is 3.03. The lowest BCUT2D eigenvalue weighted by molar-refractivity contribution is 0.0817. The first kappa shape index (κ1) is 13.7. The van der Waals surface area contributed by atoms with Crippen molar-refractivity contribution in [2.45, 2.75) is 13.0 Å². The molecule has 2 rings (SSSR count). The summed E-state index contributed by atoms with van der Waals surface area (Å²) in [4.78, 5) is 12.1. The molecule has 2 nitrogen and oxygen atoms in total. The van der Waals surface area contributed by atoms with Crippen molar-refractivity contribution >= 4 is 21.7 Å². The van der Waals surface area contributed by atoms with Gasteiger partial charge in [0.25, 0.3) is 0 Å². The molecule has 0 bridgehead atoms. The van der Waals surface area contributed by atoms with Crippen LogP contribution in [0.3, 0.4) is 0 Å². The van der Waals surface area contributed by atoms with Crippen molar-refractivity contribution in [3.8, 4) is 5.75 Å². The number of Topliss-reactive ketones (excluding diaryl/α,β-unsaturated/α-hetero) is 1. The predicted molar refractivity (Wildman–Crippen MR) is 75.0 cm³/mol. The number of rotatable bonds is 4. The van der Waals surface area contributed by atoms with E-state index in [4.69, 9.17) is 4.74 Å². The lowest BCUT2D eigenvalue weighted by Crippen LogP contribution is -2.23. The Bertz CT molecular complexity index is 564. The standard InChI is InChI=1S/C15H12BrFO2/c1-10(15(18)11-5-3-2-4-6-11)19-14-8-12(16)7-13(17)9-14/h2-10H,1H3. The summed E-state index contributed by atoms with van der Waals surface area (Å²) in [7, 11) is 0. The SMILES string of the molecule is CC(Oc1cc(F)cc(Br)c1)C(=O)c1ccccc1. The summed E-state index contributed by atoms with van der Waals surface area (Å²) >= 11 is 3.18. The number of benzene rings is 2. The number of hydrogen-bond donors (Lipinski definition) is 0. The van der Waals surface area contributed by atoms with Gasteiger partial charge in [0, 0.05) is 16.1 Å². The summed E-state index contributed by atoms with van der Waals surface area (Å²) in [6, 6.07) is 13.1. The Kier molecular flexibility index (Phi) is 4.32. The molecular formula is C15H12BrFO2. The van der Waals surface area contributed by atoms with Gasteiger partial charge in [0.1, 0.15) is 11.6 Å². The van der Waals surface area contributed by atoms with Gasteiger partial charge in [0.05, 0.1) is 0 Å². The van der Waals surface area contributed by atoms with E-state index in [0.29, 0.717) is 15.8 Å². The van der Waals surface area contributed by atoms with E-state index in [-0.39, 0.29) is 5.78 Å². The largest absolute Gasteiger partial charge is 0.482 e. The van der Waals surface area contributed by atoms with Gasteiger partial charge in [0.2, 0.25) is 5.78 Å². The monoisotopic (exact) mass is 322 g/mol. The first-order valence-corrected chi connectivity index (χ1v) is 6.57. The summed E-state index contributed by atoms with van der Waals surface area (Å²) in [5, 5.41) is 0. The number of carbonyl (C=O) groups excluding carboxylic acids is 1. The lowest BCUT2D eigenvalue weighted by Gasteiger charge is -2.14. The highest BCUT2D eigenvalue weighted by molar-refractivity contribution is 9.10. The maximum absolute atomic E-state index is 13.2. The zero-order valence-electron chi connectivity index (χ0n) is 10.3. The summed E-state index contributed by atoms with van der Waals surface area (Å²) in [5.41, 5.74) is 0.575. The van der Waals surface area contributed by atoms with Gasteiger partial charge in [-0.25, -0.2) is 4.39 Å². The van der Waals surface area contributed by atoms with Crippen LogP contribution in [-0.2, 0) is 0 Å². The Balaban J connectivity index is 2.13. The summed E-state index contributed by atoms with van der Waals surface area (Å²) in [6.45, 7) is 1.65. The molecule has 2 aromatic carbocycles. The zero-order valence-corrected chi connectivity index (χ0v) is 11.9. The van der Waals surface area contributed by atoms with Crippen LogP contribution in [0.1, 0.15) is 17.3 Å². The Hall–Kier alpha value is -1.68. The third kappa shape index (κ3) is 3.64. The minimum absolute atomic E-state index is 0.138. The van der Waals surface area contributed by atoms with Gasteiger partial charge in [-0.2, -0.15) is 0 Å². The van der Waals surface area contributed by atoms with E-state index in [1.807, 2.05) is 6.07 Å². The molecule has 4 heteroatoms. The van der Waals surface area contributed by atoms with Crippen LogP contribution >= 0.6 is 15.9 Å². The molecule has 19 heavy (non-hydrogen) atoms. The molecular weight excluding hydrogens is 311 g/mol. The molecule has 1 atom stereocenters. The molecule has 0 N–H and O–H groups in total. The summed E-state index contributed by atoms with van der Waals surface area (Å²) in [5.74, 6) is -0.228. The first-order chi connectivity index (χ1) is 9.06. The van der Waals surface area contributed by atoms with Crippen molar-refractivity contribution in [1.29, 1.82) is 0 Å². The van der Waals surface area contributed by atoms with Crippen LogP contribution in [0.2, 0.25) is 0 Å². The molecule has 0 heterocycles. The van der Waals surface area contributed by atoms with Gasteiger partial charge < -0.3 is 4.74 Å². The van der Waals surface area contributed by atoms with E-state index < -0.39 is 11.9 Å². The van der Waals surface area contributed by atoms with E-state index >= 15 is 0 Å². The Morgan fingerprint density at radius 1 is 1.21 bits per heavy atom. The third-order valence-electron chi connectivity index (χ3n) is 2.58. The molecule has 0 amide bonds. The minimum Gasteiger partial charge on any atom is -0.482 e. The number of carbonyl (C=O) groups is 1. The Morgan fingerprint density at radius 2 is 1.89 bits per heavy atom. The smallest absolute Gasteiger partial charge is 0.202 e. The van der Waals surface area contributed by atoms with E-state index in [2.05, 4.69) is 15.9 Å². The maximum Gasteiger partial charge on any atom is 0.202 e. The van der Waals surface area contributed by atoms with Crippen LogP contribution < -0.4 is 4.74 Å². The molecule has 0 fully saturated rings. The lowest BCUT2D eigenvalue weighted by atomic mass is 10.1. The molecule has 0 aliphatic heterocycles. The van der Waals surface area contributed by atoms with Crippen molar-refractivity contribution in [2.75, 3.05) is 0 Å². The quantitative estimate of drug-likeness (QED) is 0.787. The molecule has 0 aromatic heterocycles. The van der Waals surface area contributed by atoms with Crippen LogP contribution in [0, 0.1) is 5.82 Å². The molecule has 0 radical (unpaired) electrons. The van der Waals surface area contributed by atoms with Crippen LogP contribution in [0.25, 0.3) is 0 Å². The molecule has 2 aromatic rings. The van der Waals surface area contributed by atoms with Crippen LogP contribution in [0.4, 0.5) is 4.39 Å². The van der Waals surface area contributed by atoms with Gasteiger partial charge in [-0.1, -0.05) is 46.3 Å². The molecule has 0 aliphatic carbocycles. The van der Waals surface area contributed by atoms with Crippen molar-refractivity contribution < 1.29 is 13.9 Å². The fraction of sp³-hybridized carbons (Fsp3) is 0.133. The van der Waals surface area contributed by atoms with Crippen LogP contribution in [0.5, 0.6) is 5.75 Å². The van der Waals surface area contributed by atoms with E-state index in [9.17, 15) is 9.18 Å². The molecule has 0 saturated carbocycles. The Morgan fingerprint density at radius 3 is 2.53 bits per heavy atom. The number of halogens is 2. The topological polar surface area (TPSA) is 26.3 Å². The minimum atomic E-state index is -0.670. The van der Waals surface area contributed by atoms with E-state index in [1.165, 1.54) is 12.1 Å². The molecule has 0 aliphatic rings. The van der Waals surface area contributed by atoms with Gasteiger partial charge in [-0.3, -0.25) is 4.79 Å². The zero-order chi connectivity index (χ0) is 13.8. The molecule has 98 valence electrons. The fourth-order valence-electron chi connectivity index (χ4n) is 1.69. The van der Waals surface area contributed by atoms with Gasteiger partial charge >= 0.3 is 0 Å². The van der Waals surface area contributed by atoms with Gasteiger partial charge in [0.15, 0.2) is 6.10 Å². The highest BCUT2D eigenvalue weighted by atomic mass is 79.9. The highest BCUT2D eigenvalue weighted by Gasteiger charge is 2.17. The summed E-state index contributed by atoms with van der Waals surface area (Å²) in [6.07, 6.45) is -0.670. The van der Waals surface area contributed by atoms with E-state index in [0.717, 1.165) is 0 Å². The second-order valence-electron chi connectivity index (χ2n) is 4.10. The van der Waals surface area contributed by atoms with Crippen LogP contribution in [0.15, 0.2) is 53.0 Å². The number of ether oxygens (including phenoxy) is 1. The molecule has 0 spiro atoms. The second kappa shape index (κ2) is 5.97. The van der Waals surface area contributed by atoms with Crippen molar-refractivity contribution in [3.05, 3.63) is 64.4 Å². The normalized spacial score (nSPS) is 11.9. The summed E-state index contributed by atoms with van der Waals surface area (Å²) < 4.78 is 19.3. The second-order valence-corrected chi connectivity index (χ2v) is 5.01. The van der Waals surface area contributed by atoms with Crippen molar-refractivity contribution in [2.24, 2.45) is 0 Å². The average molecular weight is 323 g/mol. The average Bonchev–Trinajstić information content (AvgIpc) is 2.37. The molecule has 0 saturated heterocycles. The number of ketones is 1. The van der Waals surface area contributed by atoms with Gasteiger partial charge in [-0.05, 0) is 19.1 Å². The fourth-order valence-corrected chi connectivity index (χ4v) is 2.14. The van der Waals surface area contributed by atoms with Crippen LogP contribution in [-0.4, -0.2) is 11.9 Å². The van der Waals surface area contributed by atoms with E-state index in [1.54, 1.807) is 37.3 Å². The Labute approximate surface area is 119 Å². The maximum atomic E-state index is 13.2.